The van der Waals surface area contributed by atoms with E-state index in [1.54, 1.807) is 18.0 Å². The normalized spacial score (nSPS) is 13.3. The minimum Gasteiger partial charge on any atom is -0.394 e. The van der Waals surface area contributed by atoms with Gasteiger partial charge in [0.15, 0.2) is 9.84 Å². The summed E-state index contributed by atoms with van der Waals surface area (Å²) in [4.78, 5) is 10.5. The number of nitrogens with zero attached hydrogens (tertiary/aromatic N) is 3. The van der Waals surface area contributed by atoms with E-state index in [-0.39, 0.29) is 18.0 Å². The quantitative estimate of drug-likeness (QED) is 0.805. The van der Waals surface area contributed by atoms with Crippen LogP contribution in [0, 0.1) is 6.92 Å². The summed E-state index contributed by atoms with van der Waals surface area (Å²) in [5.41, 5.74) is 1.24. The van der Waals surface area contributed by atoms with Gasteiger partial charge in [0.1, 0.15) is 0 Å². The highest BCUT2D eigenvalue weighted by Gasteiger charge is 2.14. The average Bonchev–Trinajstić information content (AvgIpc) is 2.45. The summed E-state index contributed by atoms with van der Waals surface area (Å²) in [5, 5.41) is 19.2. The van der Waals surface area contributed by atoms with Gasteiger partial charge in [-0.15, -0.1) is 0 Å². The standard InChI is InChI=1S/C14H19N3O4S/c1-9-12-5-4-11(22(3,20)21)6-13(12)16-14(15-9)17(2)7-10(19)8-18/h4-6,10,18-19H,7-8H2,1-3H3/t10-/m0/s1. The molecule has 8 heteroatoms. The van der Waals surface area contributed by atoms with E-state index in [1.165, 1.54) is 12.1 Å². The molecular weight excluding hydrogens is 306 g/mol. The predicted molar refractivity (Wildman–Crippen MR) is 83.7 cm³/mol. The molecule has 1 atom stereocenters. The van der Waals surface area contributed by atoms with Gasteiger partial charge in [0.2, 0.25) is 5.95 Å². The third-order valence-corrected chi connectivity index (χ3v) is 4.42. The van der Waals surface area contributed by atoms with Crippen molar-refractivity contribution in [1.82, 2.24) is 9.97 Å². The number of hydrogen-bond donors (Lipinski definition) is 2. The van der Waals surface area contributed by atoms with Gasteiger partial charge in [-0.05, 0) is 25.1 Å². The molecule has 0 aliphatic rings. The summed E-state index contributed by atoms with van der Waals surface area (Å²) >= 11 is 0. The number of aryl methyl sites for hydroxylation is 1. The number of aliphatic hydroxyl groups excluding tert-OH is 2. The lowest BCUT2D eigenvalue weighted by molar-refractivity contribution is 0.101. The maximum absolute atomic E-state index is 11.6. The highest BCUT2D eigenvalue weighted by Crippen LogP contribution is 2.22. The van der Waals surface area contributed by atoms with Crippen LogP contribution in [0.4, 0.5) is 5.95 Å². The van der Waals surface area contributed by atoms with E-state index in [2.05, 4.69) is 9.97 Å². The molecule has 0 radical (unpaired) electrons. The highest BCUT2D eigenvalue weighted by molar-refractivity contribution is 7.90. The Morgan fingerprint density at radius 1 is 1.32 bits per heavy atom. The van der Waals surface area contributed by atoms with Crippen LogP contribution in [0.1, 0.15) is 5.69 Å². The van der Waals surface area contributed by atoms with Crippen molar-refractivity contribution >= 4 is 26.7 Å². The Morgan fingerprint density at radius 2 is 2.00 bits per heavy atom. The number of likely N-dealkylation sites (N-methyl/N-ethyl adjacent to an activating group) is 1. The van der Waals surface area contributed by atoms with Crippen LogP contribution >= 0.6 is 0 Å². The Kier molecular flexibility index (Phi) is 4.64. The number of sulfone groups is 1. The molecule has 0 fully saturated rings. The molecule has 2 aromatic rings. The molecule has 7 nitrogen and oxygen atoms in total. The Balaban J connectivity index is 2.50. The first kappa shape index (κ1) is 16.6. The number of aromatic nitrogens is 2. The molecule has 0 spiro atoms. The summed E-state index contributed by atoms with van der Waals surface area (Å²) in [6.07, 6.45) is 0.249. The molecule has 1 heterocycles. The highest BCUT2D eigenvalue weighted by atomic mass is 32.2. The molecule has 2 N–H and O–H groups in total. The van der Waals surface area contributed by atoms with Crippen LogP contribution in [0.25, 0.3) is 10.9 Å². The molecule has 120 valence electrons. The molecule has 2 rings (SSSR count). The van der Waals surface area contributed by atoms with E-state index in [9.17, 15) is 13.5 Å². The van der Waals surface area contributed by atoms with E-state index < -0.39 is 15.9 Å². The second kappa shape index (κ2) is 6.15. The topological polar surface area (TPSA) is 104 Å². The summed E-state index contributed by atoms with van der Waals surface area (Å²) in [7, 11) is -1.62. The fraction of sp³-hybridized carbons (Fsp3) is 0.429. The fourth-order valence-electron chi connectivity index (χ4n) is 2.11. The minimum absolute atomic E-state index is 0.174. The summed E-state index contributed by atoms with van der Waals surface area (Å²) in [6, 6.07) is 4.74. The van der Waals surface area contributed by atoms with Gasteiger partial charge in [-0.2, -0.15) is 0 Å². The van der Waals surface area contributed by atoms with Crippen LogP contribution in [0.15, 0.2) is 23.1 Å². The Hall–Kier alpha value is -1.77. The number of rotatable bonds is 5. The van der Waals surface area contributed by atoms with Crippen LogP contribution < -0.4 is 4.90 Å². The zero-order chi connectivity index (χ0) is 16.5. The molecule has 1 aromatic heterocycles. The van der Waals surface area contributed by atoms with Crippen LogP contribution in [-0.2, 0) is 9.84 Å². The molecule has 22 heavy (non-hydrogen) atoms. The molecule has 0 unspecified atom stereocenters. The lowest BCUT2D eigenvalue weighted by Crippen LogP contribution is -2.32. The monoisotopic (exact) mass is 325 g/mol. The summed E-state index contributed by atoms with van der Waals surface area (Å²) in [5.74, 6) is 0.364. The molecule has 0 bridgehead atoms. The molecular formula is C14H19N3O4S. The Morgan fingerprint density at radius 3 is 2.59 bits per heavy atom. The maximum Gasteiger partial charge on any atom is 0.225 e. The van der Waals surface area contributed by atoms with Gasteiger partial charge < -0.3 is 15.1 Å². The SMILES string of the molecule is Cc1nc(N(C)C[C@H](O)CO)nc2cc(S(C)(=O)=O)ccc12. The first-order valence-electron chi connectivity index (χ1n) is 6.71. The molecule has 0 aliphatic heterocycles. The van der Waals surface area contributed by atoms with Gasteiger partial charge in [-0.25, -0.2) is 18.4 Å². The van der Waals surface area contributed by atoms with E-state index in [0.717, 1.165) is 11.6 Å². The van der Waals surface area contributed by atoms with Gasteiger partial charge in [-0.3, -0.25) is 0 Å². The van der Waals surface area contributed by atoms with Crippen LogP contribution in [0.3, 0.4) is 0 Å². The number of aliphatic hydroxyl groups is 2. The van der Waals surface area contributed by atoms with E-state index in [1.807, 2.05) is 6.92 Å². The molecule has 0 aliphatic carbocycles. The zero-order valence-corrected chi connectivity index (χ0v) is 13.5. The summed E-state index contributed by atoms with van der Waals surface area (Å²) < 4.78 is 23.3. The molecule has 1 aromatic carbocycles. The second-order valence-electron chi connectivity index (χ2n) is 5.28. The Bertz CT molecular complexity index is 792. The molecule has 0 saturated heterocycles. The van der Waals surface area contributed by atoms with Crippen molar-refractivity contribution in [3.63, 3.8) is 0 Å². The minimum atomic E-state index is -3.31. The van der Waals surface area contributed by atoms with Crippen molar-refractivity contribution in [1.29, 1.82) is 0 Å². The van der Waals surface area contributed by atoms with Gasteiger partial charge in [0.05, 0.1) is 28.8 Å². The first-order valence-corrected chi connectivity index (χ1v) is 8.60. The maximum atomic E-state index is 11.6. The van der Waals surface area contributed by atoms with Crippen LogP contribution in [-0.4, -0.2) is 61.2 Å². The van der Waals surface area contributed by atoms with Crippen LogP contribution in [0.5, 0.6) is 0 Å². The van der Waals surface area contributed by atoms with Crippen molar-refractivity contribution in [2.24, 2.45) is 0 Å². The third-order valence-electron chi connectivity index (χ3n) is 3.31. The van der Waals surface area contributed by atoms with Gasteiger partial charge >= 0.3 is 0 Å². The smallest absolute Gasteiger partial charge is 0.225 e. The van der Waals surface area contributed by atoms with Gasteiger partial charge in [0, 0.05) is 25.2 Å². The number of benzene rings is 1. The number of hydrogen-bond acceptors (Lipinski definition) is 7. The number of anilines is 1. The summed E-state index contributed by atoms with van der Waals surface area (Å²) in [6.45, 7) is 1.63. The lowest BCUT2D eigenvalue weighted by atomic mass is 10.2. The Labute approximate surface area is 129 Å². The third kappa shape index (κ3) is 3.52. The second-order valence-corrected chi connectivity index (χ2v) is 7.29. The van der Waals surface area contributed by atoms with E-state index in [4.69, 9.17) is 5.11 Å². The van der Waals surface area contributed by atoms with Crippen molar-refractivity contribution in [2.75, 3.05) is 31.4 Å². The van der Waals surface area contributed by atoms with Crippen LogP contribution in [0.2, 0.25) is 0 Å². The van der Waals surface area contributed by atoms with Gasteiger partial charge in [-0.1, -0.05) is 0 Å². The number of fused-ring (bicyclic) bond motifs is 1. The van der Waals surface area contributed by atoms with Crippen molar-refractivity contribution in [2.45, 2.75) is 17.9 Å². The fourth-order valence-corrected chi connectivity index (χ4v) is 2.75. The van der Waals surface area contributed by atoms with Crippen molar-refractivity contribution in [3.8, 4) is 0 Å². The van der Waals surface area contributed by atoms with Gasteiger partial charge in [0.25, 0.3) is 0 Å². The van der Waals surface area contributed by atoms with Crippen molar-refractivity contribution < 1.29 is 18.6 Å². The van der Waals surface area contributed by atoms with E-state index in [0.29, 0.717) is 17.2 Å². The lowest BCUT2D eigenvalue weighted by Gasteiger charge is -2.20. The van der Waals surface area contributed by atoms with E-state index >= 15 is 0 Å². The predicted octanol–water partition coefficient (Wildman–Crippen LogP) is 0.131. The molecule has 0 amide bonds. The largest absolute Gasteiger partial charge is 0.394 e. The van der Waals surface area contributed by atoms with Crippen molar-refractivity contribution in [3.05, 3.63) is 23.9 Å². The average molecular weight is 325 g/mol. The first-order chi connectivity index (χ1) is 10.2. The zero-order valence-electron chi connectivity index (χ0n) is 12.7. The molecule has 0 saturated carbocycles.